The molecule has 0 amide bonds. The molecular weight excluding hydrogens is 603 g/mol. The van der Waals surface area contributed by atoms with Crippen molar-refractivity contribution in [2.24, 2.45) is 5.92 Å². The number of piperidine rings is 1. The Bertz CT molecular complexity index is 1530. The minimum Gasteiger partial charge on any atom is -0.369 e. The highest BCUT2D eigenvalue weighted by Gasteiger charge is 2.45. The van der Waals surface area contributed by atoms with E-state index in [4.69, 9.17) is 14.2 Å². The molecular formula is C38H42F3N3O3. The number of hydrogen-bond acceptors (Lipinski definition) is 6. The van der Waals surface area contributed by atoms with Gasteiger partial charge in [-0.1, -0.05) is 91.0 Å². The maximum atomic E-state index is 13.8. The molecule has 2 saturated heterocycles. The number of anilines is 1. The Kier molecular flexibility index (Phi) is 10.9. The molecule has 3 aromatic carbocycles. The zero-order valence-corrected chi connectivity index (χ0v) is 26.6. The van der Waals surface area contributed by atoms with E-state index in [0.717, 1.165) is 29.2 Å². The van der Waals surface area contributed by atoms with Crippen LogP contribution in [-0.2, 0) is 40.2 Å². The molecule has 5 atom stereocenters. The Morgan fingerprint density at radius 3 is 1.83 bits per heavy atom. The number of aromatic nitrogens is 1. The molecule has 1 aromatic heterocycles. The average Bonchev–Trinajstić information content (AvgIpc) is 3.56. The fourth-order valence-corrected chi connectivity index (χ4v) is 6.71. The van der Waals surface area contributed by atoms with Crippen molar-refractivity contribution in [1.29, 1.82) is 0 Å². The molecule has 0 N–H and O–H groups in total. The quantitative estimate of drug-likeness (QED) is 0.160. The minimum atomic E-state index is -4.45. The van der Waals surface area contributed by atoms with Gasteiger partial charge in [-0.2, -0.15) is 13.2 Å². The summed E-state index contributed by atoms with van der Waals surface area (Å²) in [5.41, 5.74) is 2.53. The van der Waals surface area contributed by atoms with Crippen molar-refractivity contribution in [1.82, 2.24) is 9.88 Å². The second-order valence-corrected chi connectivity index (χ2v) is 12.5. The molecule has 47 heavy (non-hydrogen) atoms. The van der Waals surface area contributed by atoms with Gasteiger partial charge in [0.15, 0.2) is 0 Å². The van der Waals surface area contributed by atoms with Gasteiger partial charge in [0.05, 0.1) is 31.5 Å². The topological polar surface area (TPSA) is 47.1 Å². The first-order valence-corrected chi connectivity index (χ1v) is 16.3. The Morgan fingerprint density at radius 1 is 0.702 bits per heavy atom. The van der Waals surface area contributed by atoms with Gasteiger partial charge in [0.2, 0.25) is 0 Å². The van der Waals surface area contributed by atoms with Crippen molar-refractivity contribution in [3.8, 4) is 0 Å². The van der Waals surface area contributed by atoms with Gasteiger partial charge in [0.25, 0.3) is 0 Å². The zero-order valence-electron chi connectivity index (χ0n) is 26.6. The highest BCUT2D eigenvalue weighted by atomic mass is 19.4. The fourth-order valence-electron chi connectivity index (χ4n) is 6.71. The third-order valence-electron chi connectivity index (χ3n) is 9.20. The summed E-state index contributed by atoms with van der Waals surface area (Å²) in [7, 11) is 0. The van der Waals surface area contributed by atoms with Crippen LogP contribution in [0.15, 0.2) is 109 Å². The summed E-state index contributed by atoms with van der Waals surface area (Å²) in [6.07, 6.45) is -3.18. The standard InChI is InChI=1S/C38H42F3N3O3/c1-28-35(46-26-30-14-7-3-8-15-30)36(47-27-31-16-9-4-10-17-31)34(45-25-29-12-5-2-6-13-29)24-44(28)23-32-19-21-43(22-32)37-33(38(39,40)41)18-11-20-42-37/h2-18,20,28,32,34-36H,19,21-27H2,1H3/t28-,32-,34+,35-,36-/m1/s1. The molecule has 0 saturated carbocycles. The van der Waals surface area contributed by atoms with Gasteiger partial charge >= 0.3 is 6.18 Å². The minimum absolute atomic E-state index is 0.0108. The van der Waals surface area contributed by atoms with Gasteiger partial charge in [-0.25, -0.2) is 4.98 Å². The molecule has 3 heterocycles. The van der Waals surface area contributed by atoms with E-state index in [-0.39, 0.29) is 36.1 Å². The van der Waals surface area contributed by atoms with Crippen LogP contribution in [0.5, 0.6) is 0 Å². The van der Waals surface area contributed by atoms with Crippen molar-refractivity contribution in [3.63, 3.8) is 0 Å². The van der Waals surface area contributed by atoms with E-state index in [0.29, 0.717) is 46.0 Å². The summed E-state index contributed by atoms with van der Waals surface area (Å²) >= 11 is 0. The first-order valence-electron chi connectivity index (χ1n) is 16.3. The smallest absolute Gasteiger partial charge is 0.369 e. The SMILES string of the molecule is C[C@@H]1[C@@H](OCc2ccccc2)[C@H](OCc2ccccc2)[C@@H](OCc2ccccc2)CN1C[C@@H]1CCN(c2ncccc2C(F)(F)F)C1. The lowest BCUT2D eigenvalue weighted by molar-refractivity contribution is -0.201. The van der Waals surface area contributed by atoms with Crippen LogP contribution in [0.1, 0.15) is 35.6 Å². The predicted octanol–water partition coefficient (Wildman–Crippen LogP) is 7.39. The third kappa shape index (κ3) is 8.59. The second kappa shape index (κ2) is 15.4. The van der Waals surface area contributed by atoms with E-state index in [1.54, 1.807) is 4.90 Å². The van der Waals surface area contributed by atoms with Crippen molar-refractivity contribution >= 4 is 5.82 Å². The zero-order chi connectivity index (χ0) is 32.6. The summed E-state index contributed by atoms with van der Waals surface area (Å²) < 4.78 is 61.4. The summed E-state index contributed by atoms with van der Waals surface area (Å²) in [4.78, 5) is 8.30. The monoisotopic (exact) mass is 645 g/mol. The van der Waals surface area contributed by atoms with E-state index < -0.39 is 11.7 Å². The molecule has 248 valence electrons. The number of ether oxygens (including phenoxy) is 3. The molecule has 0 aliphatic carbocycles. The predicted molar refractivity (Wildman–Crippen MR) is 176 cm³/mol. The lowest BCUT2D eigenvalue weighted by Gasteiger charge is -2.48. The number of nitrogens with zero attached hydrogens (tertiary/aromatic N) is 3. The Hall–Kier alpha value is -3.76. The van der Waals surface area contributed by atoms with Crippen LogP contribution < -0.4 is 4.90 Å². The van der Waals surface area contributed by atoms with Gasteiger partial charge in [-0.05, 0) is 48.1 Å². The number of likely N-dealkylation sites (tertiary alicyclic amines) is 1. The first kappa shape index (κ1) is 33.2. The van der Waals surface area contributed by atoms with Crippen LogP contribution in [0.2, 0.25) is 0 Å². The van der Waals surface area contributed by atoms with Gasteiger partial charge in [0, 0.05) is 38.4 Å². The molecule has 6 rings (SSSR count). The van der Waals surface area contributed by atoms with Crippen LogP contribution in [0.4, 0.5) is 19.0 Å². The van der Waals surface area contributed by atoms with Crippen LogP contribution in [0.25, 0.3) is 0 Å². The van der Waals surface area contributed by atoms with Gasteiger partial charge in [-0.3, -0.25) is 4.90 Å². The summed E-state index contributed by atoms with van der Waals surface area (Å²) in [6.45, 7) is 5.80. The molecule has 0 spiro atoms. The van der Waals surface area contributed by atoms with Gasteiger partial charge < -0.3 is 19.1 Å². The first-order chi connectivity index (χ1) is 22.8. The number of halogens is 3. The van der Waals surface area contributed by atoms with Crippen molar-refractivity contribution < 1.29 is 27.4 Å². The molecule has 9 heteroatoms. The lowest BCUT2D eigenvalue weighted by Crippen LogP contribution is -2.63. The average molecular weight is 646 g/mol. The number of rotatable bonds is 12. The van der Waals surface area contributed by atoms with Crippen LogP contribution in [-0.4, -0.2) is 60.4 Å². The van der Waals surface area contributed by atoms with Crippen LogP contribution in [0.3, 0.4) is 0 Å². The maximum Gasteiger partial charge on any atom is 0.419 e. The second-order valence-electron chi connectivity index (χ2n) is 12.5. The summed E-state index contributed by atoms with van der Waals surface area (Å²) in [5, 5.41) is 0. The van der Waals surface area contributed by atoms with E-state index in [2.05, 4.69) is 41.1 Å². The van der Waals surface area contributed by atoms with Crippen LogP contribution >= 0.6 is 0 Å². The van der Waals surface area contributed by atoms with E-state index in [9.17, 15) is 13.2 Å². The highest BCUT2D eigenvalue weighted by Crippen LogP contribution is 2.37. The van der Waals surface area contributed by atoms with Crippen LogP contribution in [0, 0.1) is 5.92 Å². The van der Waals surface area contributed by atoms with Crippen molar-refractivity contribution in [3.05, 3.63) is 132 Å². The molecule has 2 aliphatic rings. The molecule has 0 radical (unpaired) electrons. The molecule has 6 nitrogen and oxygen atoms in total. The third-order valence-corrected chi connectivity index (χ3v) is 9.20. The van der Waals surface area contributed by atoms with Gasteiger partial charge in [0.1, 0.15) is 18.0 Å². The van der Waals surface area contributed by atoms with E-state index >= 15 is 0 Å². The van der Waals surface area contributed by atoms with Gasteiger partial charge in [-0.15, -0.1) is 0 Å². The highest BCUT2D eigenvalue weighted by molar-refractivity contribution is 5.49. The molecule has 4 aromatic rings. The maximum absolute atomic E-state index is 13.8. The number of alkyl halides is 3. The number of pyridine rings is 1. The lowest BCUT2D eigenvalue weighted by atomic mass is 9.92. The summed E-state index contributed by atoms with van der Waals surface area (Å²) in [6, 6.07) is 32.7. The number of hydrogen-bond donors (Lipinski definition) is 0. The Morgan fingerprint density at radius 2 is 1.26 bits per heavy atom. The Balaban J connectivity index is 1.22. The Labute approximate surface area is 275 Å². The van der Waals surface area contributed by atoms with Crippen molar-refractivity contribution in [2.75, 3.05) is 31.1 Å². The van der Waals surface area contributed by atoms with Crippen molar-refractivity contribution in [2.45, 2.75) is 63.7 Å². The largest absolute Gasteiger partial charge is 0.419 e. The molecule has 0 unspecified atom stereocenters. The van der Waals surface area contributed by atoms with E-state index in [1.165, 1.54) is 12.3 Å². The van der Waals surface area contributed by atoms with E-state index in [1.807, 2.05) is 66.7 Å². The molecule has 0 bridgehead atoms. The molecule has 2 fully saturated rings. The summed E-state index contributed by atoms with van der Waals surface area (Å²) in [5.74, 6) is 0.170. The number of benzene rings is 3. The normalized spacial score (nSPS) is 23.7. The fraction of sp³-hybridized carbons (Fsp3) is 0.395. The molecule has 2 aliphatic heterocycles.